The molecular formula is C17H26O. The van der Waals surface area contributed by atoms with Gasteiger partial charge in [0.05, 0.1) is 0 Å². The van der Waals surface area contributed by atoms with Crippen LogP contribution in [0.2, 0.25) is 0 Å². The van der Waals surface area contributed by atoms with Crippen molar-refractivity contribution >= 4 is 5.78 Å². The third kappa shape index (κ3) is 4.29. The summed E-state index contributed by atoms with van der Waals surface area (Å²) < 4.78 is 0. The maximum atomic E-state index is 12.6. The van der Waals surface area contributed by atoms with Gasteiger partial charge >= 0.3 is 0 Å². The van der Waals surface area contributed by atoms with E-state index < -0.39 is 0 Å². The average molecular weight is 246 g/mol. The number of carbonyl (C=O) groups excluding carboxylic acids is 1. The summed E-state index contributed by atoms with van der Waals surface area (Å²) >= 11 is 0. The Kier molecular flexibility index (Phi) is 4.37. The van der Waals surface area contributed by atoms with E-state index in [1.165, 1.54) is 0 Å². The van der Waals surface area contributed by atoms with Gasteiger partial charge in [-0.1, -0.05) is 71.9 Å². The van der Waals surface area contributed by atoms with Crippen molar-refractivity contribution in [2.24, 2.45) is 10.8 Å². The molecular weight excluding hydrogens is 220 g/mol. The lowest BCUT2D eigenvalue weighted by Gasteiger charge is -2.30. The van der Waals surface area contributed by atoms with Crippen LogP contribution in [0.4, 0.5) is 0 Å². The summed E-state index contributed by atoms with van der Waals surface area (Å²) in [5.74, 6) is 0.342. The Morgan fingerprint density at radius 2 is 1.50 bits per heavy atom. The van der Waals surface area contributed by atoms with Crippen LogP contribution in [0.15, 0.2) is 30.3 Å². The van der Waals surface area contributed by atoms with E-state index in [0.29, 0.717) is 5.78 Å². The topological polar surface area (TPSA) is 17.1 Å². The zero-order valence-electron chi connectivity index (χ0n) is 12.6. The monoisotopic (exact) mass is 246 g/mol. The number of carbonyl (C=O) groups is 1. The lowest BCUT2D eigenvalue weighted by atomic mass is 9.73. The summed E-state index contributed by atoms with van der Waals surface area (Å²) in [6.07, 6.45) is 0.896. The molecule has 0 aliphatic rings. The molecule has 0 aliphatic carbocycles. The maximum Gasteiger partial charge on any atom is 0.145 e. The number of hydrogen-bond acceptors (Lipinski definition) is 1. The molecule has 1 aromatic rings. The van der Waals surface area contributed by atoms with Crippen LogP contribution < -0.4 is 0 Å². The highest BCUT2D eigenvalue weighted by Crippen LogP contribution is 2.36. The van der Waals surface area contributed by atoms with Gasteiger partial charge in [-0.3, -0.25) is 4.79 Å². The molecule has 0 radical (unpaired) electrons. The van der Waals surface area contributed by atoms with E-state index >= 15 is 0 Å². The standard InChI is InChI=1S/C17H26O/c1-16(2,3)12-14(15(18)17(4,5)6)13-10-8-7-9-11-13/h7-11,14H,12H2,1-6H3/t14-/m1/s1. The number of hydrogen-bond donors (Lipinski definition) is 0. The maximum absolute atomic E-state index is 12.6. The number of rotatable bonds is 3. The van der Waals surface area contributed by atoms with E-state index in [2.05, 4.69) is 32.9 Å². The average Bonchev–Trinajstić information content (AvgIpc) is 2.24. The van der Waals surface area contributed by atoms with Gasteiger partial charge in [-0.05, 0) is 17.4 Å². The fourth-order valence-corrected chi connectivity index (χ4v) is 2.18. The molecule has 0 N–H and O–H groups in total. The molecule has 100 valence electrons. The first-order valence-corrected chi connectivity index (χ1v) is 6.70. The lowest BCUT2D eigenvalue weighted by Crippen LogP contribution is -2.29. The van der Waals surface area contributed by atoms with E-state index in [0.717, 1.165) is 12.0 Å². The first kappa shape index (κ1) is 14.9. The van der Waals surface area contributed by atoms with Crippen LogP contribution in [0.5, 0.6) is 0 Å². The van der Waals surface area contributed by atoms with E-state index in [1.807, 2.05) is 39.0 Å². The Balaban J connectivity index is 3.08. The minimum atomic E-state index is -0.286. The van der Waals surface area contributed by atoms with E-state index in [9.17, 15) is 4.79 Å². The molecule has 0 spiro atoms. The summed E-state index contributed by atoms with van der Waals surface area (Å²) in [5, 5.41) is 0. The quantitative estimate of drug-likeness (QED) is 0.747. The second kappa shape index (κ2) is 5.26. The largest absolute Gasteiger partial charge is 0.298 e. The Labute approximate surface area is 112 Å². The number of Topliss-reactive ketones (excluding diaryl/α,β-unsaturated/α-hetero) is 1. The summed E-state index contributed by atoms with van der Waals surface area (Å²) in [7, 11) is 0. The molecule has 0 fully saturated rings. The minimum absolute atomic E-state index is 0.00574. The van der Waals surface area contributed by atoms with E-state index in [-0.39, 0.29) is 16.7 Å². The molecule has 0 saturated carbocycles. The molecule has 1 nitrogen and oxygen atoms in total. The van der Waals surface area contributed by atoms with Crippen molar-refractivity contribution in [3.05, 3.63) is 35.9 Å². The molecule has 0 aromatic heterocycles. The molecule has 1 aromatic carbocycles. The SMILES string of the molecule is CC(C)(C)C[C@@H](C(=O)C(C)(C)C)c1ccccc1. The number of benzene rings is 1. The van der Waals surface area contributed by atoms with Gasteiger partial charge in [0, 0.05) is 11.3 Å². The fourth-order valence-electron chi connectivity index (χ4n) is 2.18. The lowest BCUT2D eigenvalue weighted by molar-refractivity contribution is -0.128. The van der Waals surface area contributed by atoms with E-state index in [4.69, 9.17) is 0 Å². The molecule has 0 saturated heterocycles. The van der Waals surface area contributed by atoms with Crippen LogP contribution in [0.1, 0.15) is 59.4 Å². The predicted molar refractivity (Wildman–Crippen MR) is 77.7 cm³/mol. The van der Waals surface area contributed by atoms with Crippen LogP contribution in [0.3, 0.4) is 0 Å². The third-order valence-electron chi connectivity index (χ3n) is 3.07. The van der Waals surface area contributed by atoms with Crippen LogP contribution in [-0.2, 0) is 4.79 Å². The van der Waals surface area contributed by atoms with Crippen LogP contribution in [0, 0.1) is 10.8 Å². The molecule has 0 bridgehead atoms. The zero-order valence-corrected chi connectivity index (χ0v) is 12.6. The van der Waals surface area contributed by atoms with E-state index in [1.54, 1.807) is 0 Å². The van der Waals surface area contributed by atoms with Crippen molar-refractivity contribution in [3.8, 4) is 0 Å². The molecule has 1 atom stereocenters. The Hall–Kier alpha value is -1.11. The first-order chi connectivity index (χ1) is 8.11. The second-order valence-corrected chi connectivity index (χ2v) is 7.34. The van der Waals surface area contributed by atoms with Crippen molar-refractivity contribution in [1.82, 2.24) is 0 Å². The molecule has 18 heavy (non-hydrogen) atoms. The third-order valence-corrected chi connectivity index (χ3v) is 3.07. The summed E-state index contributed by atoms with van der Waals surface area (Å²) in [5.41, 5.74) is 1.01. The van der Waals surface area contributed by atoms with Gasteiger partial charge in [-0.25, -0.2) is 0 Å². The second-order valence-electron chi connectivity index (χ2n) is 7.34. The molecule has 1 heteroatoms. The molecule has 0 heterocycles. The van der Waals surface area contributed by atoms with Gasteiger partial charge in [-0.2, -0.15) is 0 Å². The minimum Gasteiger partial charge on any atom is -0.298 e. The highest BCUT2D eigenvalue weighted by molar-refractivity contribution is 5.90. The normalized spacial score (nSPS) is 14.3. The van der Waals surface area contributed by atoms with Crippen LogP contribution in [0.25, 0.3) is 0 Å². The van der Waals surface area contributed by atoms with Gasteiger partial charge < -0.3 is 0 Å². The zero-order chi connectivity index (χ0) is 14.0. The molecule has 0 unspecified atom stereocenters. The van der Waals surface area contributed by atoms with Gasteiger partial charge in [0.25, 0.3) is 0 Å². The fraction of sp³-hybridized carbons (Fsp3) is 0.588. The predicted octanol–water partition coefficient (Wildman–Crippen LogP) is 4.82. The van der Waals surface area contributed by atoms with Crippen molar-refractivity contribution in [2.75, 3.05) is 0 Å². The highest BCUT2D eigenvalue weighted by Gasteiger charge is 2.33. The summed E-state index contributed by atoms with van der Waals surface area (Å²) in [6, 6.07) is 10.2. The van der Waals surface area contributed by atoms with Crippen molar-refractivity contribution < 1.29 is 4.79 Å². The van der Waals surface area contributed by atoms with Crippen molar-refractivity contribution in [1.29, 1.82) is 0 Å². The molecule has 0 amide bonds. The Bertz CT molecular complexity index is 390. The Morgan fingerprint density at radius 1 is 1.00 bits per heavy atom. The molecule has 0 aliphatic heterocycles. The van der Waals surface area contributed by atoms with Gasteiger partial charge in [0.15, 0.2) is 0 Å². The van der Waals surface area contributed by atoms with Crippen LogP contribution in [-0.4, -0.2) is 5.78 Å². The van der Waals surface area contributed by atoms with Crippen LogP contribution >= 0.6 is 0 Å². The molecule has 1 rings (SSSR count). The highest BCUT2D eigenvalue weighted by atomic mass is 16.1. The smallest absolute Gasteiger partial charge is 0.145 e. The Morgan fingerprint density at radius 3 is 1.89 bits per heavy atom. The number of ketones is 1. The first-order valence-electron chi connectivity index (χ1n) is 6.70. The summed E-state index contributed by atoms with van der Waals surface area (Å²) in [4.78, 5) is 12.6. The van der Waals surface area contributed by atoms with Gasteiger partial charge in [0.2, 0.25) is 0 Å². The van der Waals surface area contributed by atoms with Crippen molar-refractivity contribution in [2.45, 2.75) is 53.9 Å². The van der Waals surface area contributed by atoms with Gasteiger partial charge in [0.1, 0.15) is 5.78 Å². The summed E-state index contributed by atoms with van der Waals surface area (Å²) in [6.45, 7) is 12.6. The van der Waals surface area contributed by atoms with Crippen molar-refractivity contribution in [3.63, 3.8) is 0 Å². The van der Waals surface area contributed by atoms with Gasteiger partial charge in [-0.15, -0.1) is 0 Å².